The van der Waals surface area contributed by atoms with Crippen molar-refractivity contribution in [2.75, 3.05) is 0 Å². The molecule has 0 saturated heterocycles. The zero-order valence-electron chi connectivity index (χ0n) is 13.8. The van der Waals surface area contributed by atoms with E-state index in [9.17, 15) is 10.0 Å². The smallest absolute Gasteiger partial charge is 0.250 e. The quantitative estimate of drug-likeness (QED) is 0.501. The van der Waals surface area contributed by atoms with Gasteiger partial charge in [0, 0.05) is 5.92 Å². The van der Waals surface area contributed by atoms with E-state index in [1.165, 1.54) is 5.57 Å². The summed E-state index contributed by atoms with van der Waals surface area (Å²) in [6.45, 7) is 9.51. The molecule has 1 atom stereocenters. The summed E-state index contributed by atoms with van der Waals surface area (Å²) >= 11 is 0. The molecule has 0 fully saturated rings. The molecule has 0 heterocycles. The van der Waals surface area contributed by atoms with Gasteiger partial charge in [0.15, 0.2) is 0 Å². The van der Waals surface area contributed by atoms with Gasteiger partial charge in [-0.05, 0) is 53.0 Å². The topological polar surface area (TPSA) is 40.5 Å². The van der Waals surface area contributed by atoms with Crippen LogP contribution in [0.15, 0.2) is 42.0 Å². The second-order valence-electron chi connectivity index (χ2n) is 6.72. The Bertz CT molecular complexity index is 482. The summed E-state index contributed by atoms with van der Waals surface area (Å²) in [5, 5.41) is 11.0. The molecule has 3 nitrogen and oxygen atoms in total. The fourth-order valence-corrected chi connectivity index (χ4v) is 2.05. The number of carbonyl (C=O) groups excluding carboxylic acids is 1. The molecule has 0 spiro atoms. The summed E-state index contributed by atoms with van der Waals surface area (Å²) < 4.78 is 0. The highest BCUT2D eigenvalue weighted by molar-refractivity contribution is 5.78. The van der Waals surface area contributed by atoms with Crippen LogP contribution in [0.2, 0.25) is 0 Å². The summed E-state index contributed by atoms with van der Waals surface area (Å²) in [6, 6.07) is 9.93. The first-order valence-corrected chi connectivity index (χ1v) is 7.42. The van der Waals surface area contributed by atoms with Crippen LogP contribution in [-0.2, 0) is 11.2 Å². The van der Waals surface area contributed by atoms with Crippen molar-refractivity contribution < 1.29 is 10.0 Å². The van der Waals surface area contributed by atoms with Crippen LogP contribution in [0.1, 0.15) is 46.6 Å². The predicted octanol–water partition coefficient (Wildman–Crippen LogP) is 4.22. The number of hydrogen-bond donors (Lipinski definition) is 1. The highest BCUT2D eigenvalue weighted by atomic mass is 16.5. The Hall–Kier alpha value is -1.61. The number of rotatable bonds is 5. The number of nitrogens with zero attached hydrogens (tertiary/aromatic N) is 1. The summed E-state index contributed by atoms with van der Waals surface area (Å²) in [7, 11) is 0. The van der Waals surface area contributed by atoms with Gasteiger partial charge >= 0.3 is 0 Å². The lowest BCUT2D eigenvalue weighted by molar-refractivity contribution is -0.191. The Morgan fingerprint density at radius 2 is 1.81 bits per heavy atom. The Balaban J connectivity index is 2.91. The van der Waals surface area contributed by atoms with E-state index >= 15 is 0 Å². The second-order valence-corrected chi connectivity index (χ2v) is 6.72. The average molecular weight is 289 g/mol. The molecule has 0 aromatic heterocycles. The molecule has 0 aliphatic rings. The van der Waals surface area contributed by atoms with E-state index in [1.54, 1.807) is 0 Å². The number of hydroxylamine groups is 2. The van der Waals surface area contributed by atoms with Crippen molar-refractivity contribution in [2.24, 2.45) is 5.92 Å². The van der Waals surface area contributed by atoms with Crippen LogP contribution in [0.25, 0.3) is 0 Å². The van der Waals surface area contributed by atoms with Gasteiger partial charge in [-0.25, -0.2) is 5.06 Å². The highest BCUT2D eigenvalue weighted by Gasteiger charge is 2.30. The van der Waals surface area contributed by atoms with Crippen molar-refractivity contribution in [3.05, 3.63) is 47.5 Å². The fraction of sp³-hybridized carbons (Fsp3) is 0.500. The van der Waals surface area contributed by atoms with Crippen LogP contribution in [0, 0.1) is 5.92 Å². The van der Waals surface area contributed by atoms with Gasteiger partial charge in [0.05, 0.1) is 5.54 Å². The minimum atomic E-state index is -0.586. The molecule has 0 saturated carbocycles. The highest BCUT2D eigenvalue weighted by Crippen LogP contribution is 2.21. The molecule has 3 heteroatoms. The predicted molar refractivity (Wildman–Crippen MR) is 86.1 cm³/mol. The fourth-order valence-electron chi connectivity index (χ4n) is 2.05. The second kappa shape index (κ2) is 7.41. The first-order chi connectivity index (χ1) is 9.71. The Morgan fingerprint density at radius 3 is 2.29 bits per heavy atom. The molecule has 1 aromatic rings. The number of hydrogen-bond acceptors (Lipinski definition) is 2. The van der Waals surface area contributed by atoms with E-state index in [1.807, 2.05) is 65.0 Å². The first kappa shape index (κ1) is 17.4. The maximum Gasteiger partial charge on any atom is 0.250 e. The van der Waals surface area contributed by atoms with E-state index in [0.29, 0.717) is 12.8 Å². The molecule has 0 aliphatic heterocycles. The van der Waals surface area contributed by atoms with Crippen LogP contribution in [0.5, 0.6) is 0 Å². The van der Waals surface area contributed by atoms with E-state index in [4.69, 9.17) is 0 Å². The molecule has 21 heavy (non-hydrogen) atoms. The number of allylic oxidation sites excluding steroid dienone is 2. The van der Waals surface area contributed by atoms with Crippen LogP contribution < -0.4 is 0 Å². The minimum Gasteiger partial charge on any atom is -0.285 e. The molecule has 0 radical (unpaired) electrons. The Labute approximate surface area is 128 Å². The van der Waals surface area contributed by atoms with Crippen molar-refractivity contribution in [3.8, 4) is 0 Å². The van der Waals surface area contributed by atoms with Crippen molar-refractivity contribution in [2.45, 2.75) is 53.0 Å². The average Bonchev–Trinajstić information content (AvgIpc) is 2.41. The lowest BCUT2D eigenvalue weighted by Gasteiger charge is -2.32. The molecule has 1 aromatic carbocycles. The summed E-state index contributed by atoms with van der Waals surface area (Å²) in [6.07, 6.45) is 3.34. The molecule has 1 N–H and O–H groups in total. The third kappa shape index (κ3) is 5.72. The largest absolute Gasteiger partial charge is 0.285 e. The van der Waals surface area contributed by atoms with Crippen LogP contribution >= 0.6 is 0 Å². The third-order valence-corrected chi connectivity index (χ3v) is 3.33. The molecule has 0 bridgehead atoms. The van der Waals surface area contributed by atoms with E-state index in [2.05, 4.69) is 6.08 Å². The molecule has 1 unspecified atom stereocenters. The maximum absolute atomic E-state index is 12.6. The minimum absolute atomic E-state index is 0.219. The lowest BCUT2D eigenvalue weighted by atomic mass is 9.93. The van der Waals surface area contributed by atoms with Crippen molar-refractivity contribution in [3.63, 3.8) is 0 Å². The molecule has 0 aliphatic carbocycles. The van der Waals surface area contributed by atoms with Crippen molar-refractivity contribution >= 4 is 5.91 Å². The van der Waals surface area contributed by atoms with Gasteiger partial charge in [0.1, 0.15) is 0 Å². The first-order valence-electron chi connectivity index (χ1n) is 7.42. The van der Waals surface area contributed by atoms with Gasteiger partial charge in [0.2, 0.25) is 5.91 Å². The van der Waals surface area contributed by atoms with E-state index < -0.39 is 5.54 Å². The molecule has 116 valence electrons. The lowest BCUT2D eigenvalue weighted by Crippen LogP contribution is -2.46. The summed E-state index contributed by atoms with van der Waals surface area (Å²) in [5.41, 5.74) is 1.71. The van der Waals surface area contributed by atoms with Gasteiger partial charge in [-0.1, -0.05) is 42.0 Å². The van der Waals surface area contributed by atoms with E-state index in [0.717, 1.165) is 10.6 Å². The molecular formula is C18H27NO2. The van der Waals surface area contributed by atoms with Crippen LogP contribution in [-0.4, -0.2) is 21.7 Å². The van der Waals surface area contributed by atoms with Gasteiger partial charge in [-0.15, -0.1) is 0 Å². The molecule has 1 amide bonds. The SMILES string of the molecule is CC(C)=CCC(Cc1ccccc1)C(=O)N(O)C(C)(C)C. The van der Waals surface area contributed by atoms with E-state index in [-0.39, 0.29) is 11.8 Å². The number of benzene rings is 1. The summed E-state index contributed by atoms with van der Waals surface area (Å²) in [4.78, 5) is 12.6. The van der Waals surface area contributed by atoms with Gasteiger partial charge < -0.3 is 0 Å². The zero-order valence-corrected chi connectivity index (χ0v) is 13.8. The molecule has 1 rings (SSSR count). The molecular weight excluding hydrogens is 262 g/mol. The monoisotopic (exact) mass is 289 g/mol. The van der Waals surface area contributed by atoms with Crippen LogP contribution in [0.4, 0.5) is 0 Å². The standard InChI is InChI=1S/C18H27NO2/c1-14(2)11-12-16(13-15-9-7-6-8-10-15)17(20)19(21)18(3,4)5/h6-11,16,21H,12-13H2,1-5H3. The van der Waals surface area contributed by atoms with Gasteiger partial charge in [-0.3, -0.25) is 10.0 Å². The number of carbonyl (C=O) groups is 1. The normalized spacial score (nSPS) is 12.7. The van der Waals surface area contributed by atoms with Gasteiger partial charge in [0.25, 0.3) is 0 Å². The van der Waals surface area contributed by atoms with Crippen LogP contribution in [0.3, 0.4) is 0 Å². The van der Waals surface area contributed by atoms with Gasteiger partial charge in [-0.2, -0.15) is 0 Å². The maximum atomic E-state index is 12.6. The van der Waals surface area contributed by atoms with Crippen molar-refractivity contribution in [1.29, 1.82) is 0 Å². The summed E-state index contributed by atoms with van der Waals surface area (Å²) in [5.74, 6) is -0.463. The Kier molecular flexibility index (Phi) is 6.16. The van der Waals surface area contributed by atoms with Crippen molar-refractivity contribution in [1.82, 2.24) is 5.06 Å². The zero-order chi connectivity index (χ0) is 16.0. The Morgan fingerprint density at radius 1 is 1.24 bits per heavy atom. The third-order valence-electron chi connectivity index (χ3n) is 3.33. The number of amides is 1.